The van der Waals surface area contributed by atoms with Crippen molar-refractivity contribution in [3.8, 4) is 0 Å². The molecule has 0 spiro atoms. The van der Waals surface area contributed by atoms with Gasteiger partial charge in [-0.2, -0.15) is 36.3 Å². The molecule has 2 aromatic rings. The summed E-state index contributed by atoms with van der Waals surface area (Å²) >= 11 is 5.84. The summed E-state index contributed by atoms with van der Waals surface area (Å²) in [5.41, 5.74) is -4.45. The summed E-state index contributed by atoms with van der Waals surface area (Å²) in [5.74, 6) is -0.880. The van der Waals surface area contributed by atoms with Gasteiger partial charge in [-0.15, -0.1) is 0 Å². The average molecular weight is 580 g/mol. The summed E-state index contributed by atoms with van der Waals surface area (Å²) in [5, 5.41) is 4.06. The van der Waals surface area contributed by atoms with E-state index >= 15 is 0 Å². The van der Waals surface area contributed by atoms with Crippen LogP contribution in [0.25, 0.3) is 0 Å². The molecule has 0 fully saturated rings. The van der Waals surface area contributed by atoms with Gasteiger partial charge >= 0.3 is 30.4 Å². The van der Waals surface area contributed by atoms with Crippen molar-refractivity contribution in [3.05, 3.63) is 64.2 Å². The van der Waals surface area contributed by atoms with E-state index in [0.29, 0.717) is 28.1 Å². The second-order valence-corrected chi connectivity index (χ2v) is 8.79. The molecule has 1 atom stereocenters. The van der Waals surface area contributed by atoms with Gasteiger partial charge in [-0.05, 0) is 50.2 Å². The summed E-state index contributed by atoms with van der Waals surface area (Å²) in [6.07, 6.45) is -10.7. The molecule has 1 unspecified atom stereocenters. The molecule has 0 saturated carbocycles. The van der Waals surface area contributed by atoms with Crippen LogP contribution in [0.3, 0.4) is 0 Å². The van der Waals surface area contributed by atoms with E-state index in [1.54, 1.807) is 0 Å². The summed E-state index contributed by atoms with van der Waals surface area (Å²) in [6, 6.07) is 4.39. The van der Waals surface area contributed by atoms with Crippen LogP contribution in [-0.2, 0) is 26.6 Å². The van der Waals surface area contributed by atoms with E-state index in [0.717, 1.165) is 31.4 Å². The predicted molar refractivity (Wildman–Crippen MR) is 126 cm³/mol. The van der Waals surface area contributed by atoms with E-state index in [1.165, 1.54) is 13.8 Å². The number of nitrogens with zero attached hydrogens (tertiary/aromatic N) is 3. The number of imide groups is 1. The molecule has 1 heterocycles. The minimum Gasteiger partial charge on any atom is -0.465 e. The van der Waals surface area contributed by atoms with Crippen molar-refractivity contribution in [2.24, 2.45) is 10.5 Å². The van der Waals surface area contributed by atoms with Crippen LogP contribution in [0.1, 0.15) is 30.5 Å². The van der Waals surface area contributed by atoms with Gasteiger partial charge in [0.2, 0.25) is 0 Å². The Bertz CT molecular complexity index is 1310. The number of benzene rings is 2. The van der Waals surface area contributed by atoms with Crippen molar-refractivity contribution in [3.63, 3.8) is 0 Å². The van der Waals surface area contributed by atoms with Crippen molar-refractivity contribution in [2.45, 2.75) is 26.2 Å². The molecule has 39 heavy (non-hydrogen) atoms. The molecular weight excluding hydrogens is 560 g/mol. The van der Waals surface area contributed by atoms with Crippen molar-refractivity contribution >= 4 is 41.1 Å². The van der Waals surface area contributed by atoms with Crippen LogP contribution in [0.5, 0.6) is 0 Å². The van der Waals surface area contributed by atoms with Crippen LogP contribution in [0.4, 0.5) is 41.6 Å². The number of rotatable bonds is 4. The lowest BCUT2D eigenvalue weighted by molar-refractivity contribution is -0.150. The van der Waals surface area contributed by atoms with E-state index in [4.69, 9.17) is 16.3 Å². The second-order valence-electron chi connectivity index (χ2n) is 8.38. The third-order valence-electron chi connectivity index (χ3n) is 5.71. The smallest absolute Gasteiger partial charge is 0.422 e. The minimum absolute atomic E-state index is 0.0435. The normalized spacial score (nSPS) is 17.5. The number of hydrazone groups is 1. The predicted octanol–water partition coefficient (Wildman–Crippen LogP) is 6.36. The van der Waals surface area contributed by atoms with Crippen molar-refractivity contribution in [1.29, 1.82) is 0 Å². The van der Waals surface area contributed by atoms with E-state index in [9.17, 15) is 40.7 Å². The number of urea groups is 1. The molecule has 0 aromatic heterocycles. The van der Waals surface area contributed by atoms with Crippen molar-refractivity contribution in [2.75, 3.05) is 25.2 Å². The van der Waals surface area contributed by atoms with Crippen molar-refractivity contribution < 1.29 is 50.2 Å². The maximum absolute atomic E-state index is 13.4. The Morgan fingerprint density at radius 2 is 1.67 bits per heavy atom. The number of alkyl halides is 6. The first-order valence-corrected chi connectivity index (χ1v) is 11.4. The highest BCUT2D eigenvalue weighted by Gasteiger charge is 2.50. The standard InChI is InChI=1S/C24H20ClF6N3O5/c1-4-39-19(35)22(2)12-33(32-18(22)13-5-10-16(17(25)11-13)24(29,30)31)20(36)34(21(37)38-3)15-8-6-14(7-9-15)23(26,27)28/h5-11H,4,12H2,1-3H3. The van der Waals surface area contributed by atoms with Gasteiger partial charge in [-0.25, -0.2) is 14.6 Å². The molecule has 0 bridgehead atoms. The Hall–Kier alpha value is -3.81. The molecule has 2 aromatic carbocycles. The zero-order chi connectivity index (χ0) is 29.3. The molecule has 8 nitrogen and oxygen atoms in total. The molecule has 0 saturated heterocycles. The highest BCUT2D eigenvalue weighted by Crippen LogP contribution is 2.39. The molecule has 3 amide bonds. The van der Waals surface area contributed by atoms with Gasteiger partial charge in [0.05, 0.1) is 47.8 Å². The molecule has 3 rings (SSSR count). The Balaban J connectivity index is 2.08. The van der Waals surface area contributed by atoms with E-state index in [-0.39, 0.29) is 23.6 Å². The molecule has 1 aliphatic heterocycles. The van der Waals surface area contributed by atoms with Gasteiger partial charge in [0, 0.05) is 5.56 Å². The van der Waals surface area contributed by atoms with Gasteiger partial charge in [0.1, 0.15) is 5.41 Å². The number of esters is 1. The summed E-state index contributed by atoms with van der Waals surface area (Å²) in [4.78, 5) is 39.2. The van der Waals surface area contributed by atoms with Crippen molar-refractivity contribution in [1.82, 2.24) is 5.01 Å². The number of anilines is 1. The third-order valence-corrected chi connectivity index (χ3v) is 6.02. The number of hydrogen-bond donors (Lipinski definition) is 0. The Morgan fingerprint density at radius 3 is 2.15 bits per heavy atom. The zero-order valence-electron chi connectivity index (χ0n) is 20.5. The summed E-state index contributed by atoms with van der Waals surface area (Å²) in [6.45, 7) is 2.22. The van der Waals surface area contributed by atoms with Crippen LogP contribution >= 0.6 is 11.6 Å². The molecule has 210 valence electrons. The van der Waals surface area contributed by atoms with Crippen LogP contribution in [0.2, 0.25) is 5.02 Å². The number of methoxy groups -OCH3 is 1. The fourth-order valence-corrected chi connectivity index (χ4v) is 4.06. The maximum atomic E-state index is 13.4. The molecule has 1 aliphatic rings. The Morgan fingerprint density at radius 1 is 1.05 bits per heavy atom. The van der Waals surface area contributed by atoms with Crippen LogP contribution < -0.4 is 4.90 Å². The minimum atomic E-state index is -4.76. The number of amides is 3. The van der Waals surface area contributed by atoms with Crippen LogP contribution in [0.15, 0.2) is 47.6 Å². The summed E-state index contributed by atoms with van der Waals surface area (Å²) < 4.78 is 88.3. The number of halogens is 7. The zero-order valence-corrected chi connectivity index (χ0v) is 21.2. The highest BCUT2D eigenvalue weighted by molar-refractivity contribution is 6.32. The second kappa shape index (κ2) is 10.8. The lowest BCUT2D eigenvalue weighted by Gasteiger charge is -2.26. The third kappa shape index (κ3) is 5.95. The Kier molecular flexibility index (Phi) is 8.20. The van der Waals surface area contributed by atoms with E-state index in [1.807, 2.05) is 0 Å². The monoisotopic (exact) mass is 579 g/mol. The number of ether oxygens (including phenoxy) is 2. The largest absolute Gasteiger partial charge is 0.465 e. The number of carbonyl (C=O) groups excluding carboxylic acids is 3. The van der Waals surface area contributed by atoms with Crippen LogP contribution in [0, 0.1) is 5.41 Å². The van der Waals surface area contributed by atoms with E-state index < -0.39 is 58.6 Å². The van der Waals surface area contributed by atoms with Gasteiger partial charge in [0.15, 0.2) is 0 Å². The maximum Gasteiger partial charge on any atom is 0.422 e. The lowest BCUT2D eigenvalue weighted by Crippen LogP contribution is -2.47. The SMILES string of the molecule is CCOC(=O)C1(C)CN(C(=O)N(C(=O)OC)c2ccc(C(F)(F)F)cc2)N=C1c1ccc(C(F)(F)F)c(Cl)c1. The quantitative estimate of drug-likeness (QED) is 0.311. The number of hydrogen-bond acceptors (Lipinski definition) is 6. The van der Waals surface area contributed by atoms with Crippen LogP contribution in [-0.4, -0.2) is 49.1 Å². The first kappa shape index (κ1) is 29.7. The fraction of sp³-hybridized carbons (Fsp3) is 0.333. The van der Waals surface area contributed by atoms with Gasteiger partial charge in [-0.1, -0.05) is 17.7 Å². The molecule has 0 aliphatic carbocycles. The van der Waals surface area contributed by atoms with E-state index in [2.05, 4.69) is 9.84 Å². The number of carbonyl (C=O) groups is 3. The first-order valence-electron chi connectivity index (χ1n) is 11.0. The highest BCUT2D eigenvalue weighted by atomic mass is 35.5. The first-order chi connectivity index (χ1) is 18.0. The fourth-order valence-electron chi connectivity index (χ4n) is 3.77. The molecule has 15 heteroatoms. The molecule has 0 N–H and O–H groups in total. The average Bonchev–Trinajstić information content (AvgIpc) is 3.22. The van der Waals surface area contributed by atoms with Gasteiger partial charge < -0.3 is 9.47 Å². The van der Waals surface area contributed by atoms with Gasteiger partial charge in [0.25, 0.3) is 0 Å². The molecule has 0 radical (unpaired) electrons. The lowest BCUT2D eigenvalue weighted by atomic mass is 9.82. The molecular formula is C24H20ClF6N3O5. The Labute approximate surface area is 222 Å². The summed E-state index contributed by atoms with van der Waals surface area (Å²) in [7, 11) is 0.929. The topological polar surface area (TPSA) is 88.5 Å². The van der Waals surface area contributed by atoms with Gasteiger partial charge in [-0.3, -0.25) is 4.79 Å².